The molecule has 0 spiro atoms. The molecular formula is C35H47Br2Cs2IN2O9. The van der Waals surface area contributed by atoms with Crippen LogP contribution in [0.5, 0.6) is 0 Å². The van der Waals surface area contributed by atoms with E-state index in [0.717, 1.165) is 25.9 Å². The molecule has 11 nitrogen and oxygen atoms in total. The van der Waals surface area contributed by atoms with Crippen molar-refractivity contribution >= 4 is 96.1 Å². The number of hydrogen-bond donors (Lipinski definition) is 1. The van der Waals surface area contributed by atoms with Gasteiger partial charge in [0.1, 0.15) is 4.61 Å². The molecule has 0 aliphatic carbocycles. The van der Waals surface area contributed by atoms with Gasteiger partial charge in [-0.2, -0.15) is 0 Å². The molecule has 16 heteroatoms. The molecule has 2 aromatic carbocycles. The van der Waals surface area contributed by atoms with E-state index in [-0.39, 0.29) is 192 Å². The van der Waals surface area contributed by atoms with Gasteiger partial charge in [0.05, 0.1) is 16.5 Å². The molecule has 0 fully saturated rings. The number of fused-ring (bicyclic) bond motifs is 2. The average molecular weight is 1190 g/mol. The first-order chi connectivity index (χ1) is 22.4. The number of hydrogen-bond acceptors (Lipinski definition) is 9. The van der Waals surface area contributed by atoms with Gasteiger partial charge in [0.2, 0.25) is 11.8 Å². The number of carbonyl (C=O) groups is 5. The van der Waals surface area contributed by atoms with Crippen LogP contribution in [-0.2, 0) is 49.2 Å². The summed E-state index contributed by atoms with van der Waals surface area (Å²) in [5.74, 6) is -0.382. The van der Waals surface area contributed by atoms with E-state index in [4.69, 9.17) is 19.5 Å². The molecule has 0 unspecified atom stereocenters. The molecule has 2 amide bonds. The smallest absolute Gasteiger partial charge is 1.00 e. The first kappa shape index (κ1) is 54.6. The molecule has 0 saturated carbocycles. The number of carbonyl (C=O) groups excluding carboxylic acids is 5. The van der Waals surface area contributed by atoms with Gasteiger partial charge in [0, 0.05) is 38.3 Å². The third-order valence-corrected chi connectivity index (χ3v) is 8.53. The van der Waals surface area contributed by atoms with E-state index < -0.39 is 5.41 Å². The third kappa shape index (κ3) is 18.6. The maximum Gasteiger partial charge on any atom is 1.00 e. The Morgan fingerprint density at radius 2 is 1.33 bits per heavy atom. The molecule has 0 atom stereocenters. The maximum atomic E-state index is 12.4. The van der Waals surface area contributed by atoms with Crippen molar-refractivity contribution in [2.75, 3.05) is 21.6 Å². The van der Waals surface area contributed by atoms with Gasteiger partial charge in [0.15, 0.2) is 6.73 Å². The summed E-state index contributed by atoms with van der Waals surface area (Å²) in [6.45, 7) is 19.0. The van der Waals surface area contributed by atoms with E-state index in [9.17, 15) is 19.2 Å². The van der Waals surface area contributed by atoms with Crippen molar-refractivity contribution in [1.29, 1.82) is 0 Å². The van der Waals surface area contributed by atoms with Crippen molar-refractivity contribution in [3.63, 3.8) is 0 Å². The minimum atomic E-state index is -0.583. The number of nitrogens with zero attached hydrogens (tertiary/aromatic N) is 1. The summed E-state index contributed by atoms with van der Waals surface area (Å²) in [6.07, 6.45) is 0.944. The van der Waals surface area contributed by atoms with Crippen molar-refractivity contribution in [3.05, 3.63) is 56.5 Å². The Labute approximate surface area is 451 Å². The minimum Gasteiger partial charge on any atom is -1.00 e. The quantitative estimate of drug-likeness (QED) is 0.120. The van der Waals surface area contributed by atoms with Crippen molar-refractivity contribution in [3.8, 4) is 0 Å². The number of esters is 2. The first-order valence-electron chi connectivity index (χ1n) is 15.2. The zero-order valence-electron chi connectivity index (χ0n) is 32.6. The first-order valence-corrected chi connectivity index (χ1v) is 18.4. The molecular weight excluding hydrogens is 1140 g/mol. The summed E-state index contributed by atoms with van der Waals surface area (Å²) in [5.41, 5.74) is 2.79. The number of halogens is 3. The van der Waals surface area contributed by atoms with E-state index in [1.54, 1.807) is 25.7 Å². The molecule has 51 heavy (non-hydrogen) atoms. The molecule has 0 bridgehead atoms. The summed E-state index contributed by atoms with van der Waals surface area (Å²) >= 11 is 8.92. The summed E-state index contributed by atoms with van der Waals surface area (Å²) in [4.78, 5) is 59.4. The van der Waals surface area contributed by atoms with Gasteiger partial charge in [-0.3, -0.25) is 28.9 Å². The Bertz CT molecular complexity index is 1520. The number of benzene rings is 2. The Balaban J connectivity index is -0.000000691. The third-order valence-electron chi connectivity index (χ3n) is 7.23. The Morgan fingerprint density at radius 1 is 0.882 bits per heavy atom. The second-order valence-electron chi connectivity index (χ2n) is 14.6. The zero-order valence-corrected chi connectivity index (χ0v) is 49.5. The average Bonchev–Trinajstić information content (AvgIpc) is 2.97. The Hall–Kier alpha value is 1.54. The molecule has 2 aromatic rings. The van der Waals surface area contributed by atoms with Gasteiger partial charge in [-0.05, 0) is 112 Å². The van der Waals surface area contributed by atoms with Gasteiger partial charge in [0.25, 0.3) is 6.47 Å². The SMILES string of the molecule is CC(C)(C)C(=O)OCI.CC(C)(C)C(=O)OCN1C(=O)CC(C)(C)c2cc(Br)ccc21.CC1(C)CC(=O)Nc2ccc(Br)cc21.O=CO[O-].[Cs+].[Cs+].[H-]. The second-order valence-corrected chi connectivity index (χ2v) is 17.1. The van der Waals surface area contributed by atoms with Gasteiger partial charge in [-0.15, -0.1) is 0 Å². The molecule has 0 aromatic heterocycles. The van der Waals surface area contributed by atoms with Gasteiger partial charge in [-0.25, -0.2) is 0 Å². The van der Waals surface area contributed by atoms with Crippen LogP contribution in [0.2, 0.25) is 0 Å². The minimum absolute atomic E-state index is 0. The topological polar surface area (TPSA) is 151 Å². The van der Waals surface area contributed by atoms with Crippen LogP contribution in [0.3, 0.4) is 0 Å². The summed E-state index contributed by atoms with van der Waals surface area (Å²) < 4.78 is 12.5. The van der Waals surface area contributed by atoms with Crippen LogP contribution in [0.1, 0.15) is 94.6 Å². The zero-order chi connectivity index (χ0) is 38.0. The van der Waals surface area contributed by atoms with Gasteiger partial charge >= 0.3 is 150 Å². The second kappa shape index (κ2) is 24.3. The number of amides is 2. The van der Waals surface area contributed by atoms with Crippen LogP contribution in [0.15, 0.2) is 45.3 Å². The van der Waals surface area contributed by atoms with E-state index in [1.165, 1.54) is 5.56 Å². The van der Waals surface area contributed by atoms with Crippen LogP contribution in [-0.4, -0.2) is 41.6 Å². The fourth-order valence-corrected chi connectivity index (χ4v) is 5.62. The summed E-state index contributed by atoms with van der Waals surface area (Å²) in [6, 6.07) is 11.8. The molecule has 2 heterocycles. The van der Waals surface area contributed by atoms with E-state index in [2.05, 4.69) is 75.8 Å². The number of alkyl halides is 1. The van der Waals surface area contributed by atoms with Crippen LogP contribution in [0.25, 0.3) is 0 Å². The Morgan fingerprint density at radius 3 is 1.78 bits per heavy atom. The van der Waals surface area contributed by atoms with Crippen molar-refractivity contribution in [2.24, 2.45) is 10.8 Å². The predicted molar refractivity (Wildman–Crippen MR) is 203 cm³/mol. The largest absolute Gasteiger partial charge is 1.00 e. The maximum absolute atomic E-state index is 12.4. The van der Waals surface area contributed by atoms with Gasteiger partial charge < -0.3 is 26.4 Å². The predicted octanol–water partition coefficient (Wildman–Crippen LogP) is 1.60. The van der Waals surface area contributed by atoms with Crippen LogP contribution in [0.4, 0.5) is 11.4 Å². The summed E-state index contributed by atoms with van der Waals surface area (Å²) in [7, 11) is 0. The van der Waals surface area contributed by atoms with E-state index in [0.29, 0.717) is 17.5 Å². The van der Waals surface area contributed by atoms with E-state index in [1.807, 2.05) is 73.7 Å². The standard InChI is InChI=1S/C17H22BrNO3.C11H12BrNO.C6H11IO2.CH2O3.2Cs.H/c1-16(2,3)15(21)22-10-19-13-7-6-11(18)8-12(13)17(4,5)9-14(19)20;1-11(2)6-10(14)13-9-4-3-7(12)5-8(9)11;1-6(2,3)5(8)9-4-7;2-1-4-3;;;/h6-8H,9-10H2,1-5H3;3-5H,6H2,1-2H3,(H,13,14);4H2,1-3H3;1,3H;;;/q;;;;2*+1;-1/p-1. The van der Waals surface area contributed by atoms with Crippen LogP contribution < -0.4 is 153 Å². The molecule has 0 radical (unpaired) electrons. The molecule has 2 aliphatic heterocycles. The summed E-state index contributed by atoms with van der Waals surface area (Å²) in [5, 5.41) is 11.3. The number of nitrogens with one attached hydrogen (secondary N) is 1. The molecule has 274 valence electrons. The van der Waals surface area contributed by atoms with Crippen molar-refractivity contribution in [1.82, 2.24) is 0 Å². The number of ether oxygens (including phenoxy) is 2. The molecule has 1 N–H and O–H groups in total. The monoisotopic (exact) mass is 1190 g/mol. The molecule has 0 saturated heterocycles. The Kier molecular flexibility index (Phi) is 26.1. The number of rotatable bonds is 4. The normalized spacial score (nSPS) is 14.9. The number of anilines is 2. The van der Waals surface area contributed by atoms with Crippen molar-refractivity contribution in [2.45, 2.75) is 92.9 Å². The van der Waals surface area contributed by atoms with Crippen LogP contribution >= 0.6 is 54.5 Å². The van der Waals surface area contributed by atoms with Crippen LogP contribution in [0, 0.1) is 10.8 Å². The molecule has 2 aliphatic rings. The fourth-order valence-electron chi connectivity index (χ4n) is 4.61. The van der Waals surface area contributed by atoms with Gasteiger partial charge in [-0.1, -0.05) is 59.6 Å². The van der Waals surface area contributed by atoms with Crippen molar-refractivity contribution < 1.29 is 183 Å². The molecule has 4 rings (SSSR count). The van der Waals surface area contributed by atoms with E-state index >= 15 is 0 Å². The fraction of sp³-hybridized carbons (Fsp3) is 0.514.